The number of rotatable bonds is 5. The Hall–Kier alpha value is -2.50. The average Bonchev–Trinajstić information content (AvgIpc) is 3.14. The maximum Gasteiger partial charge on any atom is 0.173 e. The van der Waals surface area contributed by atoms with Crippen LogP contribution in [0, 0.1) is 20.8 Å². The van der Waals surface area contributed by atoms with Crippen molar-refractivity contribution in [1.29, 1.82) is 0 Å². The molecule has 5 heteroatoms. The summed E-state index contributed by atoms with van der Waals surface area (Å²) in [7, 11) is 0. The molecule has 2 aromatic heterocycles. The summed E-state index contributed by atoms with van der Waals surface area (Å²) in [5.74, 6) is 0.502. The summed E-state index contributed by atoms with van der Waals surface area (Å²) in [5, 5.41) is 1.87. The number of hydrogen-bond donors (Lipinski definition) is 0. The zero-order valence-corrected chi connectivity index (χ0v) is 17.7. The molecule has 0 aliphatic carbocycles. The van der Waals surface area contributed by atoms with Crippen LogP contribution in [0.15, 0.2) is 59.9 Å². The van der Waals surface area contributed by atoms with Crippen LogP contribution in [0.1, 0.15) is 27.0 Å². The maximum absolute atomic E-state index is 12.8. The Labute approximate surface area is 172 Å². The van der Waals surface area contributed by atoms with Gasteiger partial charge >= 0.3 is 0 Å². The minimum atomic E-state index is 0.135. The van der Waals surface area contributed by atoms with Gasteiger partial charge in [0.05, 0.1) is 5.75 Å². The molecule has 2 aromatic carbocycles. The van der Waals surface area contributed by atoms with Gasteiger partial charge in [-0.05, 0) is 55.2 Å². The third kappa shape index (κ3) is 3.73. The molecule has 0 aliphatic heterocycles. The lowest BCUT2D eigenvalue weighted by molar-refractivity contribution is 0.102. The lowest BCUT2D eigenvalue weighted by Gasteiger charge is -2.09. The van der Waals surface area contributed by atoms with Crippen molar-refractivity contribution in [1.82, 2.24) is 9.97 Å². The molecule has 0 radical (unpaired) electrons. The largest absolute Gasteiger partial charge is 0.293 e. The predicted octanol–water partition coefficient (Wildman–Crippen LogP) is 6.26. The van der Waals surface area contributed by atoms with Gasteiger partial charge < -0.3 is 0 Å². The molecule has 0 bridgehead atoms. The normalized spacial score (nSPS) is 11.1. The van der Waals surface area contributed by atoms with Crippen molar-refractivity contribution in [2.45, 2.75) is 25.8 Å². The standard InChI is InChI=1S/C23H20N2OS2/c1-14-9-16(3)18(10-15(14)2)20(26)12-27-22-19-11-21(17-7-5-4-6-8-17)28-23(19)25-13-24-22/h4-11,13H,12H2,1-3H3. The van der Waals surface area contributed by atoms with Crippen molar-refractivity contribution < 1.29 is 4.79 Å². The van der Waals surface area contributed by atoms with E-state index in [1.807, 2.05) is 38.1 Å². The first-order chi connectivity index (χ1) is 13.5. The predicted molar refractivity (Wildman–Crippen MR) is 119 cm³/mol. The third-order valence-corrected chi connectivity index (χ3v) is 6.93. The molecule has 4 aromatic rings. The van der Waals surface area contributed by atoms with Gasteiger partial charge in [0.15, 0.2) is 5.78 Å². The van der Waals surface area contributed by atoms with E-state index in [1.165, 1.54) is 22.9 Å². The molecule has 140 valence electrons. The number of aromatic nitrogens is 2. The monoisotopic (exact) mass is 404 g/mol. The fraction of sp³-hybridized carbons (Fsp3) is 0.174. The van der Waals surface area contributed by atoms with E-state index in [0.717, 1.165) is 36.8 Å². The van der Waals surface area contributed by atoms with E-state index in [-0.39, 0.29) is 5.78 Å². The summed E-state index contributed by atoms with van der Waals surface area (Å²) < 4.78 is 0. The summed E-state index contributed by atoms with van der Waals surface area (Å²) in [6, 6.07) is 16.5. The maximum atomic E-state index is 12.8. The van der Waals surface area contributed by atoms with Crippen LogP contribution in [0.25, 0.3) is 20.7 Å². The quantitative estimate of drug-likeness (QED) is 0.224. The molecule has 2 heterocycles. The van der Waals surface area contributed by atoms with Gasteiger partial charge in [-0.15, -0.1) is 11.3 Å². The third-order valence-electron chi connectivity index (χ3n) is 4.83. The highest BCUT2D eigenvalue weighted by Crippen LogP contribution is 2.36. The number of benzene rings is 2. The number of nitrogens with zero attached hydrogens (tertiary/aromatic N) is 2. The molecule has 3 nitrogen and oxygen atoms in total. The Morgan fingerprint density at radius 3 is 2.50 bits per heavy atom. The van der Waals surface area contributed by atoms with E-state index in [2.05, 4.69) is 41.2 Å². The summed E-state index contributed by atoms with van der Waals surface area (Å²) in [6.07, 6.45) is 1.59. The van der Waals surface area contributed by atoms with Crippen LogP contribution in [-0.2, 0) is 0 Å². The molecule has 0 fully saturated rings. The van der Waals surface area contributed by atoms with Gasteiger partial charge in [0.1, 0.15) is 16.2 Å². The second-order valence-corrected chi connectivity index (χ2v) is 8.83. The number of carbonyl (C=O) groups is 1. The molecule has 0 aliphatic rings. The van der Waals surface area contributed by atoms with Crippen molar-refractivity contribution >= 4 is 39.1 Å². The number of ketones is 1. The molecule has 4 rings (SSSR count). The number of carbonyl (C=O) groups excluding carboxylic acids is 1. The fourth-order valence-corrected chi connectivity index (χ4v) is 5.09. The topological polar surface area (TPSA) is 42.9 Å². The van der Waals surface area contributed by atoms with Gasteiger partial charge in [-0.25, -0.2) is 9.97 Å². The first-order valence-corrected chi connectivity index (χ1v) is 10.9. The fourth-order valence-electron chi connectivity index (χ4n) is 3.17. The Balaban J connectivity index is 1.59. The number of hydrogen-bond acceptors (Lipinski definition) is 5. The second-order valence-electron chi connectivity index (χ2n) is 6.84. The summed E-state index contributed by atoms with van der Waals surface area (Å²) in [4.78, 5) is 23.8. The van der Waals surface area contributed by atoms with Crippen molar-refractivity contribution in [2.24, 2.45) is 0 Å². The van der Waals surface area contributed by atoms with Gasteiger partial charge in [-0.2, -0.15) is 0 Å². The van der Waals surface area contributed by atoms with Crippen LogP contribution >= 0.6 is 23.1 Å². The van der Waals surface area contributed by atoms with Gasteiger partial charge in [-0.1, -0.05) is 48.2 Å². The van der Waals surface area contributed by atoms with Crippen molar-refractivity contribution in [3.05, 3.63) is 77.1 Å². The highest BCUT2D eigenvalue weighted by atomic mass is 32.2. The number of thiophene rings is 1. The molecule has 0 atom stereocenters. The minimum Gasteiger partial charge on any atom is -0.293 e. The minimum absolute atomic E-state index is 0.135. The van der Waals surface area contributed by atoms with Crippen molar-refractivity contribution in [3.8, 4) is 10.4 Å². The average molecular weight is 405 g/mol. The highest BCUT2D eigenvalue weighted by molar-refractivity contribution is 8.00. The van der Waals surface area contributed by atoms with Crippen LogP contribution in [0.4, 0.5) is 0 Å². The SMILES string of the molecule is Cc1cc(C)c(C(=O)CSc2ncnc3sc(-c4ccccc4)cc23)cc1C. The van der Waals surface area contributed by atoms with E-state index in [9.17, 15) is 4.79 Å². The smallest absolute Gasteiger partial charge is 0.173 e. The van der Waals surface area contributed by atoms with E-state index < -0.39 is 0 Å². The van der Waals surface area contributed by atoms with Gasteiger partial charge in [0, 0.05) is 15.8 Å². The molecule has 28 heavy (non-hydrogen) atoms. The zero-order chi connectivity index (χ0) is 19.7. The number of Topliss-reactive ketones (excluding diaryl/α,β-unsaturated/α-hetero) is 1. The lowest BCUT2D eigenvalue weighted by Crippen LogP contribution is -2.06. The molecule has 0 saturated heterocycles. The van der Waals surface area contributed by atoms with E-state index in [1.54, 1.807) is 17.7 Å². The molecule has 0 unspecified atom stereocenters. The molecule has 0 saturated carbocycles. The first-order valence-electron chi connectivity index (χ1n) is 9.07. The highest BCUT2D eigenvalue weighted by Gasteiger charge is 2.15. The van der Waals surface area contributed by atoms with Gasteiger partial charge in [0.2, 0.25) is 0 Å². The van der Waals surface area contributed by atoms with Crippen LogP contribution in [0.3, 0.4) is 0 Å². The molecule has 0 amide bonds. The number of thioether (sulfide) groups is 1. The second kappa shape index (κ2) is 7.86. The van der Waals surface area contributed by atoms with Crippen LogP contribution in [0.5, 0.6) is 0 Å². The Bertz CT molecular complexity index is 1170. The Morgan fingerprint density at radius 2 is 1.71 bits per heavy atom. The summed E-state index contributed by atoms with van der Waals surface area (Å²) in [5.41, 5.74) is 5.36. The Morgan fingerprint density at radius 1 is 0.964 bits per heavy atom. The molecular formula is C23H20N2OS2. The molecular weight excluding hydrogens is 384 g/mol. The van der Waals surface area contributed by atoms with Crippen molar-refractivity contribution in [2.75, 3.05) is 5.75 Å². The Kier molecular flexibility index (Phi) is 5.29. The van der Waals surface area contributed by atoms with E-state index >= 15 is 0 Å². The lowest BCUT2D eigenvalue weighted by atomic mass is 9.99. The van der Waals surface area contributed by atoms with Crippen LogP contribution in [0.2, 0.25) is 0 Å². The number of aryl methyl sites for hydroxylation is 3. The van der Waals surface area contributed by atoms with Gasteiger partial charge in [-0.3, -0.25) is 4.79 Å². The van der Waals surface area contributed by atoms with E-state index in [0.29, 0.717) is 5.75 Å². The van der Waals surface area contributed by atoms with Crippen LogP contribution in [-0.4, -0.2) is 21.5 Å². The number of fused-ring (bicyclic) bond motifs is 1. The molecule has 0 N–H and O–H groups in total. The van der Waals surface area contributed by atoms with Crippen LogP contribution < -0.4 is 0 Å². The zero-order valence-electron chi connectivity index (χ0n) is 16.0. The van der Waals surface area contributed by atoms with Crippen molar-refractivity contribution in [3.63, 3.8) is 0 Å². The summed E-state index contributed by atoms with van der Waals surface area (Å²) in [6.45, 7) is 6.12. The first kappa shape index (κ1) is 18.8. The summed E-state index contributed by atoms with van der Waals surface area (Å²) >= 11 is 3.14. The van der Waals surface area contributed by atoms with E-state index in [4.69, 9.17) is 0 Å². The molecule has 0 spiro atoms. The van der Waals surface area contributed by atoms with Gasteiger partial charge in [0.25, 0.3) is 0 Å².